The summed E-state index contributed by atoms with van der Waals surface area (Å²) in [6.07, 6.45) is 2.14. The van der Waals surface area contributed by atoms with Crippen molar-refractivity contribution in [3.8, 4) is 17.5 Å². The van der Waals surface area contributed by atoms with E-state index in [-0.39, 0.29) is 0 Å². The fourth-order valence-corrected chi connectivity index (χ4v) is 1.99. The predicted molar refractivity (Wildman–Crippen MR) is 65.7 cm³/mol. The van der Waals surface area contributed by atoms with Gasteiger partial charge in [0, 0.05) is 23.3 Å². The van der Waals surface area contributed by atoms with Gasteiger partial charge in [-0.05, 0) is 12.1 Å². The molecule has 0 unspecified atom stereocenters. The van der Waals surface area contributed by atoms with E-state index in [0.29, 0.717) is 6.42 Å². The number of benzene rings is 1. The molecule has 1 heterocycles. The maximum absolute atomic E-state index is 8.67. The third kappa shape index (κ3) is 2.00. The average Bonchev–Trinajstić information content (AvgIpc) is 2.61. The molecule has 0 aliphatic carbocycles. The Kier molecular flexibility index (Phi) is 3.07. The second-order valence-corrected chi connectivity index (χ2v) is 4.39. The lowest BCUT2D eigenvalue weighted by Crippen LogP contribution is -1.97. The molecule has 0 atom stereocenters. The summed E-state index contributed by atoms with van der Waals surface area (Å²) in [4.78, 5) is 4.34. The highest BCUT2D eigenvalue weighted by Gasteiger charge is 2.08. The zero-order valence-corrected chi connectivity index (χ0v) is 10.4. The summed E-state index contributed by atoms with van der Waals surface area (Å²) in [5.41, 5.74) is 1.97. The van der Waals surface area contributed by atoms with E-state index in [0.717, 1.165) is 21.6 Å². The lowest BCUT2D eigenvalue weighted by Gasteiger charge is -2.04. The van der Waals surface area contributed by atoms with Crippen LogP contribution < -0.4 is 0 Å². The second-order valence-electron chi connectivity index (χ2n) is 3.48. The molecule has 1 aromatic carbocycles. The van der Waals surface area contributed by atoms with E-state index in [1.165, 1.54) is 0 Å². The van der Waals surface area contributed by atoms with Gasteiger partial charge in [-0.25, -0.2) is 4.98 Å². The van der Waals surface area contributed by atoms with E-state index >= 15 is 0 Å². The van der Waals surface area contributed by atoms with Gasteiger partial charge in [0.15, 0.2) is 0 Å². The molecular weight excluding hydrogens is 266 g/mol. The van der Waals surface area contributed by atoms with Crippen LogP contribution in [0.15, 0.2) is 34.9 Å². The summed E-state index contributed by atoms with van der Waals surface area (Å²) in [6, 6.07) is 10.1. The highest BCUT2D eigenvalue weighted by Crippen LogP contribution is 2.22. The van der Waals surface area contributed by atoms with Gasteiger partial charge in [0.2, 0.25) is 0 Å². The van der Waals surface area contributed by atoms with Crippen molar-refractivity contribution in [2.75, 3.05) is 0 Å². The maximum Gasteiger partial charge on any atom is 0.139 e. The van der Waals surface area contributed by atoms with Crippen LogP contribution in [0, 0.1) is 11.3 Å². The van der Waals surface area contributed by atoms with Gasteiger partial charge in [-0.2, -0.15) is 5.26 Å². The summed E-state index contributed by atoms with van der Waals surface area (Å²) in [6.45, 7) is 0. The van der Waals surface area contributed by atoms with Crippen molar-refractivity contribution in [3.63, 3.8) is 0 Å². The zero-order valence-electron chi connectivity index (χ0n) is 8.81. The van der Waals surface area contributed by atoms with E-state index in [1.54, 1.807) is 6.20 Å². The molecular formula is C12H10BrN3. The van der Waals surface area contributed by atoms with Crippen LogP contribution in [-0.2, 0) is 13.5 Å². The summed E-state index contributed by atoms with van der Waals surface area (Å²) in [5.74, 6) is 0.881. The fraction of sp³-hybridized carbons (Fsp3) is 0.167. The van der Waals surface area contributed by atoms with Crippen LogP contribution in [0.1, 0.15) is 5.69 Å². The lowest BCUT2D eigenvalue weighted by atomic mass is 10.2. The number of hydrogen-bond donors (Lipinski definition) is 0. The number of nitriles is 1. The molecule has 0 saturated carbocycles. The highest BCUT2D eigenvalue weighted by molar-refractivity contribution is 9.10. The number of hydrogen-bond acceptors (Lipinski definition) is 2. The summed E-state index contributed by atoms with van der Waals surface area (Å²) >= 11 is 3.43. The number of halogens is 1. The van der Waals surface area contributed by atoms with Crippen LogP contribution in [0.25, 0.3) is 11.4 Å². The minimum atomic E-state index is 0.386. The summed E-state index contributed by atoms with van der Waals surface area (Å²) in [5, 5.41) is 8.67. The smallest absolute Gasteiger partial charge is 0.139 e. The molecule has 2 aromatic rings. The van der Waals surface area contributed by atoms with Crippen LogP contribution in [-0.4, -0.2) is 9.55 Å². The maximum atomic E-state index is 8.67. The third-order valence-corrected chi connectivity index (χ3v) is 2.92. The molecule has 16 heavy (non-hydrogen) atoms. The number of imidazole rings is 1. The minimum absolute atomic E-state index is 0.386. The molecule has 0 aliphatic heterocycles. The molecule has 0 bridgehead atoms. The van der Waals surface area contributed by atoms with Crippen molar-refractivity contribution < 1.29 is 0 Å². The van der Waals surface area contributed by atoms with Crippen LogP contribution in [0.3, 0.4) is 0 Å². The molecule has 0 amide bonds. The van der Waals surface area contributed by atoms with Gasteiger partial charge in [0.1, 0.15) is 5.82 Å². The molecule has 2 rings (SSSR count). The van der Waals surface area contributed by atoms with E-state index in [1.807, 2.05) is 35.9 Å². The molecule has 0 N–H and O–H groups in total. The summed E-state index contributed by atoms with van der Waals surface area (Å²) < 4.78 is 2.97. The first-order valence-corrected chi connectivity index (χ1v) is 5.65. The van der Waals surface area contributed by atoms with E-state index in [9.17, 15) is 0 Å². The van der Waals surface area contributed by atoms with Crippen LogP contribution in [0.2, 0.25) is 0 Å². The predicted octanol–water partition coefficient (Wildman–Crippen LogP) is 2.92. The molecule has 4 heteroatoms. The highest BCUT2D eigenvalue weighted by atomic mass is 79.9. The molecule has 0 radical (unpaired) electrons. The molecule has 0 fully saturated rings. The van der Waals surface area contributed by atoms with Gasteiger partial charge >= 0.3 is 0 Å². The van der Waals surface area contributed by atoms with E-state index in [2.05, 4.69) is 27.0 Å². The van der Waals surface area contributed by atoms with Crippen molar-refractivity contribution in [2.24, 2.45) is 7.05 Å². The average molecular weight is 276 g/mol. The van der Waals surface area contributed by atoms with Crippen LogP contribution in [0.5, 0.6) is 0 Å². The van der Waals surface area contributed by atoms with Gasteiger partial charge in [0.05, 0.1) is 18.2 Å². The van der Waals surface area contributed by atoms with Crippen LogP contribution >= 0.6 is 15.9 Å². The fourth-order valence-electron chi connectivity index (χ4n) is 1.59. The lowest BCUT2D eigenvalue weighted by molar-refractivity contribution is 0.864. The SMILES string of the molecule is Cn1c(CC#N)cnc1-c1cccc(Br)c1. The van der Waals surface area contributed by atoms with E-state index < -0.39 is 0 Å². The third-order valence-electron chi connectivity index (χ3n) is 2.43. The largest absolute Gasteiger partial charge is 0.330 e. The quantitative estimate of drug-likeness (QED) is 0.846. The number of aromatic nitrogens is 2. The molecule has 0 aliphatic rings. The number of rotatable bonds is 2. The first-order valence-electron chi connectivity index (χ1n) is 4.86. The molecule has 0 spiro atoms. The molecule has 0 saturated heterocycles. The van der Waals surface area contributed by atoms with Gasteiger partial charge in [0.25, 0.3) is 0 Å². The number of nitrogens with zero attached hydrogens (tertiary/aromatic N) is 3. The zero-order chi connectivity index (χ0) is 11.5. The Labute approximate surface area is 102 Å². The van der Waals surface area contributed by atoms with Crippen LogP contribution in [0.4, 0.5) is 0 Å². The first-order chi connectivity index (χ1) is 7.72. The van der Waals surface area contributed by atoms with Crippen molar-refractivity contribution >= 4 is 15.9 Å². The Morgan fingerprint density at radius 2 is 2.31 bits per heavy atom. The van der Waals surface area contributed by atoms with Crippen molar-refractivity contribution in [1.29, 1.82) is 5.26 Å². The molecule has 3 nitrogen and oxygen atoms in total. The second kappa shape index (κ2) is 4.50. The first kappa shape index (κ1) is 10.9. The minimum Gasteiger partial charge on any atom is -0.330 e. The van der Waals surface area contributed by atoms with Crippen molar-refractivity contribution in [1.82, 2.24) is 9.55 Å². The van der Waals surface area contributed by atoms with Gasteiger partial charge in [-0.3, -0.25) is 0 Å². The van der Waals surface area contributed by atoms with Gasteiger partial charge in [-0.15, -0.1) is 0 Å². The van der Waals surface area contributed by atoms with E-state index in [4.69, 9.17) is 5.26 Å². The summed E-state index contributed by atoms with van der Waals surface area (Å²) in [7, 11) is 1.93. The van der Waals surface area contributed by atoms with Gasteiger partial charge < -0.3 is 4.57 Å². The topological polar surface area (TPSA) is 41.6 Å². The normalized spacial score (nSPS) is 10.1. The monoisotopic (exact) mass is 275 g/mol. The Morgan fingerprint density at radius 3 is 3.00 bits per heavy atom. The molecule has 1 aromatic heterocycles. The Morgan fingerprint density at radius 1 is 1.50 bits per heavy atom. The van der Waals surface area contributed by atoms with Crippen molar-refractivity contribution in [2.45, 2.75) is 6.42 Å². The van der Waals surface area contributed by atoms with Crippen molar-refractivity contribution in [3.05, 3.63) is 40.6 Å². The Bertz CT molecular complexity index is 552. The van der Waals surface area contributed by atoms with Gasteiger partial charge in [-0.1, -0.05) is 28.1 Å². The Balaban J connectivity index is 2.46. The standard InChI is InChI=1S/C12H10BrN3/c1-16-11(5-6-14)8-15-12(16)9-3-2-4-10(13)7-9/h2-4,7-8H,5H2,1H3. The Hall–Kier alpha value is -1.60. The molecule has 80 valence electrons.